The molecule has 2 aromatic carbocycles. The summed E-state index contributed by atoms with van der Waals surface area (Å²) in [6, 6.07) is 15.9. The van der Waals surface area contributed by atoms with Crippen LogP contribution in [0.5, 0.6) is 11.6 Å². The van der Waals surface area contributed by atoms with E-state index in [0.29, 0.717) is 22.8 Å². The maximum absolute atomic E-state index is 12.6. The van der Waals surface area contributed by atoms with Crippen molar-refractivity contribution < 1.29 is 14.3 Å². The maximum atomic E-state index is 12.6. The van der Waals surface area contributed by atoms with Gasteiger partial charge in [0.05, 0.1) is 32.4 Å². The Morgan fingerprint density at radius 2 is 1.78 bits per heavy atom. The Hall–Kier alpha value is -3.84. The number of ether oxygens (including phenoxy) is 1. The number of aryl methyl sites for hydroxylation is 1. The van der Waals surface area contributed by atoms with Gasteiger partial charge < -0.3 is 4.74 Å². The van der Waals surface area contributed by atoms with E-state index in [-0.39, 0.29) is 17.9 Å². The van der Waals surface area contributed by atoms with E-state index in [1.54, 1.807) is 47.9 Å². The number of benzene rings is 2. The summed E-state index contributed by atoms with van der Waals surface area (Å²) in [5, 5.41) is 1.02. The smallest absolute Gasteiger partial charge is 0.262 e. The number of thiazole rings is 1. The first kappa shape index (κ1) is 20.1. The number of hydrogen-bond acceptors (Lipinski definition) is 6. The van der Waals surface area contributed by atoms with Crippen LogP contribution in [-0.2, 0) is 0 Å². The van der Waals surface area contributed by atoms with Crippen LogP contribution in [0.4, 0.5) is 0 Å². The van der Waals surface area contributed by atoms with Crippen LogP contribution >= 0.6 is 11.3 Å². The van der Waals surface area contributed by atoms with Gasteiger partial charge in [0.1, 0.15) is 5.75 Å². The van der Waals surface area contributed by atoms with Crippen molar-refractivity contribution in [1.29, 1.82) is 0 Å². The second-order valence-electron chi connectivity index (χ2n) is 7.52. The maximum Gasteiger partial charge on any atom is 0.262 e. The van der Waals surface area contributed by atoms with Crippen molar-refractivity contribution >= 4 is 39.4 Å². The molecule has 0 saturated carbocycles. The summed E-state index contributed by atoms with van der Waals surface area (Å²) in [6.45, 7) is 3.80. The van der Waals surface area contributed by atoms with E-state index >= 15 is 0 Å². The van der Waals surface area contributed by atoms with E-state index in [1.165, 1.54) is 4.90 Å². The van der Waals surface area contributed by atoms with Gasteiger partial charge in [-0.05, 0) is 49.7 Å². The van der Waals surface area contributed by atoms with Crippen LogP contribution in [-0.4, -0.2) is 32.7 Å². The van der Waals surface area contributed by atoms with Crippen LogP contribution in [0.25, 0.3) is 16.3 Å². The number of nitrogens with zero attached hydrogens (tertiary/aromatic N) is 3. The van der Waals surface area contributed by atoms with E-state index in [2.05, 4.69) is 9.97 Å². The summed E-state index contributed by atoms with van der Waals surface area (Å²) in [7, 11) is 0. The molecular weight excluding hydrogens is 422 g/mol. The minimum Gasteiger partial charge on any atom is -0.439 e. The van der Waals surface area contributed by atoms with Gasteiger partial charge in [0, 0.05) is 18.3 Å². The van der Waals surface area contributed by atoms with Gasteiger partial charge in [0.15, 0.2) is 0 Å². The van der Waals surface area contributed by atoms with Gasteiger partial charge >= 0.3 is 0 Å². The summed E-state index contributed by atoms with van der Waals surface area (Å²) in [5.41, 5.74) is 2.70. The highest BCUT2D eigenvalue weighted by molar-refractivity contribution is 7.18. The van der Waals surface area contributed by atoms with Crippen molar-refractivity contribution in [3.63, 3.8) is 0 Å². The Morgan fingerprint density at radius 3 is 2.47 bits per heavy atom. The Labute approximate surface area is 188 Å². The summed E-state index contributed by atoms with van der Waals surface area (Å²) >= 11 is 1.62. The zero-order chi connectivity index (χ0) is 22.2. The average molecular weight is 442 g/mol. The highest BCUT2D eigenvalue weighted by Crippen LogP contribution is 2.29. The lowest BCUT2D eigenvalue weighted by atomic mass is 10.1. The third-order valence-corrected chi connectivity index (χ3v) is 6.18. The molecule has 1 aliphatic rings. The minimum absolute atomic E-state index is 0.266. The molecule has 0 spiro atoms. The van der Waals surface area contributed by atoms with E-state index in [1.807, 2.05) is 50.3 Å². The number of hydrogen-bond donors (Lipinski definition) is 0. The van der Waals surface area contributed by atoms with Gasteiger partial charge in [-0.15, -0.1) is 11.3 Å². The predicted octanol–water partition coefficient (Wildman–Crippen LogP) is 5.49. The first-order chi connectivity index (χ1) is 15.5. The van der Waals surface area contributed by atoms with Gasteiger partial charge in [0.25, 0.3) is 11.8 Å². The number of carbonyl (C=O) groups excluding carboxylic acids is 2. The van der Waals surface area contributed by atoms with Gasteiger partial charge in [-0.2, -0.15) is 0 Å². The third kappa shape index (κ3) is 3.67. The molecule has 1 aliphatic heterocycles. The van der Waals surface area contributed by atoms with E-state index in [9.17, 15) is 9.59 Å². The van der Waals surface area contributed by atoms with E-state index in [0.717, 1.165) is 20.8 Å². The quantitative estimate of drug-likeness (QED) is 0.383. The molecular formula is C25H19N3O3S. The van der Waals surface area contributed by atoms with Crippen molar-refractivity contribution in [2.45, 2.75) is 19.9 Å². The van der Waals surface area contributed by atoms with Crippen LogP contribution in [0, 0.1) is 6.92 Å². The van der Waals surface area contributed by atoms with E-state index in [4.69, 9.17) is 4.74 Å². The van der Waals surface area contributed by atoms with Gasteiger partial charge in [0.2, 0.25) is 5.88 Å². The van der Waals surface area contributed by atoms with Crippen molar-refractivity contribution in [3.8, 4) is 11.6 Å². The highest BCUT2D eigenvalue weighted by atomic mass is 32.1. The summed E-state index contributed by atoms with van der Waals surface area (Å²) in [6.07, 6.45) is 5.35. The molecule has 0 radical (unpaired) electrons. The molecule has 32 heavy (non-hydrogen) atoms. The molecule has 0 bridgehead atoms. The van der Waals surface area contributed by atoms with E-state index < -0.39 is 0 Å². The van der Waals surface area contributed by atoms with Crippen molar-refractivity contribution in [3.05, 3.63) is 88.6 Å². The normalized spacial score (nSPS) is 14.4. The number of pyridine rings is 1. The minimum atomic E-state index is -0.382. The lowest BCUT2D eigenvalue weighted by molar-refractivity contribution is 0.0625. The molecule has 0 aliphatic carbocycles. The second kappa shape index (κ2) is 8.01. The zero-order valence-electron chi connectivity index (χ0n) is 17.5. The lowest BCUT2D eigenvalue weighted by Gasteiger charge is -2.19. The van der Waals surface area contributed by atoms with Crippen molar-refractivity contribution in [1.82, 2.24) is 14.9 Å². The molecule has 0 saturated heterocycles. The molecule has 0 fully saturated rings. The fourth-order valence-corrected chi connectivity index (χ4v) is 4.52. The molecule has 0 N–H and O–H groups in total. The van der Waals surface area contributed by atoms with Gasteiger partial charge in [-0.25, -0.2) is 9.97 Å². The molecule has 1 atom stereocenters. The standard InChI is InChI=1S/C25H19N3O3S/c1-15(28-24(29)19-5-3-4-6-20(19)25(28)30)7-8-17-9-12-23(26-14-17)31-18-10-11-21-22(13-18)32-16(2)27-21/h3-15H,1-2H3/t15-/m0/s1. The molecule has 5 rings (SSSR count). The number of aromatic nitrogens is 2. The molecule has 2 amide bonds. The second-order valence-corrected chi connectivity index (χ2v) is 8.75. The molecule has 6 nitrogen and oxygen atoms in total. The first-order valence-corrected chi connectivity index (χ1v) is 11.0. The molecule has 3 heterocycles. The predicted molar refractivity (Wildman–Crippen MR) is 124 cm³/mol. The largest absolute Gasteiger partial charge is 0.439 e. The number of amides is 2. The van der Waals surface area contributed by atoms with Crippen LogP contribution in [0.2, 0.25) is 0 Å². The fraction of sp³-hybridized carbons (Fsp3) is 0.120. The topological polar surface area (TPSA) is 72.4 Å². The number of fused-ring (bicyclic) bond motifs is 2. The fourth-order valence-electron chi connectivity index (χ4n) is 3.67. The molecule has 0 unspecified atom stereocenters. The number of rotatable bonds is 5. The molecule has 7 heteroatoms. The van der Waals surface area contributed by atoms with Crippen LogP contribution < -0.4 is 4.74 Å². The van der Waals surface area contributed by atoms with Crippen molar-refractivity contribution in [2.75, 3.05) is 0 Å². The first-order valence-electron chi connectivity index (χ1n) is 10.2. The SMILES string of the molecule is Cc1nc2ccc(Oc3ccc(C=C[C@H](C)N4C(=O)c5ccccc5C4=O)cn3)cc2s1. The zero-order valence-corrected chi connectivity index (χ0v) is 18.3. The highest BCUT2D eigenvalue weighted by Gasteiger charge is 2.37. The monoisotopic (exact) mass is 441 g/mol. The van der Waals surface area contributed by atoms with Crippen LogP contribution in [0.1, 0.15) is 38.2 Å². The Kier molecular flexibility index (Phi) is 5.03. The Morgan fingerprint density at radius 1 is 1.03 bits per heavy atom. The van der Waals surface area contributed by atoms with Crippen molar-refractivity contribution in [2.24, 2.45) is 0 Å². The summed E-state index contributed by atoms with van der Waals surface area (Å²) in [5.74, 6) is 0.655. The Bertz CT molecular complexity index is 1340. The summed E-state index contributed by atoms with van der Waals surface area (Å²) in [4.78, 5) is 35.3. The Balaban J connectivity index is 1.27. The third-order valence-electron chi connectivity index (χ3n) is 5.25. The van der Waals surface area contributed by atoms with Gasteiger partial charge in [-0.3, -0.25) is 14.5 Å². The molecule has 158 valence electrons. The number of imide groups is 1. The van der Waals surface area contributed by atoms with Gasteiger partial charge in [-0.1, -0.05) is 24.3 Å². The number of carbonyl (C=O) groups is 2. The lowest BCUT2D eigenvalue weighted by Crippen LogP contribution is -2.36. The van der Waals surface area contributed by atoms with Crippen LogP contribution in [0.3, 0.4) is 0 Å². The summed E-state index contributed by atoms with van der Waals surface area (Å²) < 4.78 is 6.94. The van der Waals surface area contributed by atoms with Crippen LogP contribution in [0.15, 0.2) is 66.9 Å². The molecule has 2 aromatic heterocycles. The average Bonchev–Trinajstić information content (AvgIpc) is 3.29. The molecule has 4 aromatic rings.